The van der Waals surface area contributed by atoms with Gasteiger partial charge in [-0.1, -0.05) is 25.5 Å². The van der Waals surface area contributed by atoms with Gasteiger partial charge in [-0.25, -0.2) is 0 Å². The fourth-order valence-corrected chi connectivity index (χ4v) is 2.52. The number of hydrogen-bond donors (Lipinski definition) is 1. The number of oxime groups is 1. The Morgan fingerprint density at radius 3 is 2.93 bits per heavy atom. The van der Waals surface area contributed by atoms with Crippen molar-refractivity contribution in [3.8, 4) is 0 Å². The average molecular weight is 195 g/mol. The first kappa shape index (κ1) is 11.3. The molecule has 14 heavy (non-hydrogen) atoms. The molecule has 1 unspecified atom stereocenters. The molecule has 0 aromatic carbocycles. The monoisotopic (exact) mass is 195 g/mol. The highest BCUT2D eigenvalue weighted by Crippen LogP contribution is 2.42. The van der Waals surface area contributed by atoms with E-state index in [1.165, 1.54) is 18.4 Å². The predicted octanol–water partition coefficient (Wildman–Crippen LogP) is 3.61. The lowest BCUT2D eigenvalue weighted by molar-refractivity contribution is 0.206. The topological polar surface area (TPSA) is 32.6 Å². The van der Waals surface area contributed by atoms with Crippen LogP contribution in [-0.4, -0.2) is 11.4 Å². The van der Waals surface area contributed by atoms with Gasteiger partial charge in [0.1, 0.15) is 0 Å². The van der Waals surface area contributed by atoms with Crippen LogP contribution in [-0.2, 0) is 0 Å². The van der Waals surface area contributed by atoms with Gasteiger partial charge < -0.3 is 5.21 Å². The van der Waals surface area contributed by atoms with E-state index in [4.69, 9.17) is 5.21 Å². The van der Waals surface area contributed by atoms with E-state index >= 15 is 0 Å². The summed E-state index contributed by atoms with van der Waals surface area (Å²) in [7, 11) is 0. The van der Waals surface area contributed by atoms with Crippen LogP contribution in [0.5, 0.6) is 0 Å². The minimum atomic E-state index is 0.405. The second-order valence-corrected chi connectivity index (χ2v) is 4.90. The first-order valence-corrected chi connectivity index (χ1v) is 5.40. The molecule has 1 aliphatic carbocycles. The maximum Gasteiger partial charge on any atom is 0.0436 e. The van der Waals surface area contributed by atoms with Crippen molar-refractivity contribution in [1.82, 2.24) is 0 Å². The molecule has 0 amide bonds. The van der Waals surface area contributed by atoms with Gasteiger partial charge in [-0.05, 0) is 43.9 Å². The molecular weight excluding hydrogens is 174 g/mol. The van der Waals surface area contributed by atoms with Crippen LogP contribution in [0, 0.1) is 11.3 Å². The lowest BCUT2D eigenvalue weighted by Gasteiger charge is -2.38. The molecule has 1 N–H and O–H groups in total. The van der Waals surface area contributed by atoms with E-state index in [1.807, 2.05) is 0 Å². The van der Waals surface area contributed by atoms with Crippen LogP contribution >= 0.6 is 0 Å². The zero-order valence-corrected chi connectivity index (χ0v) is 9.45. The van der Waals surface area contributed by atoms with Crippen molar-refractivity contribution in [2.45, 2.75) is 46.5 Å². The summed E-state index contributed by atoms with van der Waals surface area (Å²) in [6, 6.07) is 0. The molecule has 0 aromatic rings. The Hall–Kier alpha value is -0.790. The largest absolute Gasteiger partial charge is 0.411 e. The minimum Gasteiger partial charge on any atom is -0.411 e. The molecule has 0 spiro atoms. The molecule has 0 radical (unpaired) electrons. The van der Waals surface area contributed by atoms with Crippen LogP contribution in [0.15, 0.2) is 16.8 Å². The van der Waals surface area contributed by atoms with Crippen molar-refractivity contribution in [1.29, 1.82) is 0 Å². The van der Waals surface area contributed by atoms with Crippen LogP contribution in [0.1, 0.15) is 46.5 Å². The molecule has 1 aliphatic rings. The summed E-state index contributed by atoms with van der Waals surface area (Å²) in [6.07, 6.45) is 8.40. The Labute approximate surface area is 86.7 Å². The van der Waals surface area contributed by atoms with Crippen molar-refractivity contribution in [3.63, 3.8) is 0 Å². The Morgan fingerprint density at radius 1 is 1.64 bits per heavy atom. The molecule has 0 fully saturated rings. The van der Waals surface area contributed by atoms with Gasteiger partial charge in [0.2, 0.25) is 0 Å². The third kappa shape index (κ3) is 2.60. The Bertz CT molecular complexity index is 241. The van der Waals surface area contributed by atoms with Gasteiger partial charge in [-0.3, -0.25) is 0 Å². The Balaban J connectivity index is 2.61. The maximum absolute atomic E-state index is 8.35. The zero-order chi connectivity index (χ0) is 10.6. The maximum atomic E-state index is 8.35. The standard InChI is InChI=1S/C12H21NO/c1-10-6-4-8-12(2,3)11(10)7-5-9-13-14/h6,9,11,14H,4-5,7-8H2,1-3H3/b13-9+. The summed E-state index contributed by atoms with van der Waals surface area (Å²) < 4.78 is 0. The first-order chi connectivity index (χ1) is 6.58. The van der Waals surface area contributed by atoms with Crippen LogP contribution < -0.4 is 0 Å². The number of hydrogen-bond acceptors (Lipinski definition) is 2. The predicted molar refractivity (Wildman–Crippen MR) is 59.8 cm³/mol. The smallest absolute Gasteiger partial charge is 0.0436 e. The second-order valence-electron chi connectivity index (χ2n) is 4.90. The van der Waals surface area contributed by atoms with Crippen molar-refractivity contribution in [2.24, 2.45) is 16.5 Å². The van der Waals surface area contributed by atoms with Gasteiger partial charge in [0.05, 0.1) is 0 Å². The quantitative estimate of drug-likeness (QED) is 0.317. The summed E-state index contributed by atoms with van der Waals surface area (Å²) in [5.74, 6) is 0.647. The number of rotatable bonds is 3. The molecule has 0 aliphatic heterocycles. The summed E-state index contributed by atoms with van der Waals surface area (Å²) in [5, 5.41) is 11.4. The third-order valence-electron chi connectivity index (χ3n) is 3.41. The molecule has 0 saturated carbocycles. The molecule has 0 bridgehead atoms. The molecule has 1 atom stereocenters. The van der Waals surface area contributed by atoms with Crippen LogP contribution in [0.2, 0.25) is 0 Å². The molecular formula is C12H21NO. The fourth-order valence-electron chi connectivity index (χ4n) is 2.52. The normalized spacial score (nSPS) is 26.5. The number of nitrogens with zero attached hydrogens (tertiary/aromatic N) is 1. The fraction of sp³-hybridized carbons (Fsp3) is 0.750. The zero-order valence-electron chi connectivity index (χ0n) is 9.45. The van der Waals surface area contributed by atoms with E-state index in [0.29, 0.717) is 11.3 Å². The van der Waals surface area contributed by atoms with E-state index < -0.39 is 0 Å². The van der Waals surface area contributed by atoms with Gasteiger partial charge in [0, 0.05) is 6.21 Å². The summed E-state index contributed by atoms with van der Waals surface area (Å²) in [4.78, 5) is 0. The summed E-state index contributed by atoms with van der Waals surface area (Å²) in [5.41, 5.74) is 1.91. The van der Waals surface area contributed by atoms with E-state index in [-0.39, 0.29) is 0 Å². The molecule has 0 heterocycles. The van der Waals surface area contributed by atoms with Gasteiger partial charge in [-0.15, -0.1) is 5.16 Å². The van der Waals surface area contributed by atoms with Gasteiger partial charge in [0.15, 0.2) is 0 Å². The molecule has 2 heteroatoms. The summed E-state index contributed by atoms with van der Waals surface area (Å²) >= 11 is 0. The SMILES string of the molecule is CC1=CCCC(C)(C)C1CC/C=N/O. The van der Waals surface area contributed by atoms with Crippen molar-refractivity contribution in [2.75, 3.05) is 0 Å². The van der Waals surface area contributed by atoms with Crippen molar-refractivity contribution >= 4 is 6.21 Å². The van der Waals surface area contributed by atoms with E-state index in [0.717, 1.165) is 12.8 Å². The highest BCUT2D eigenvalue weighted by atomic mass is 16.4. The molecule has 2 nitrogen and oxygen atoms in total. The third-order valence-corrected chi connectivity index (χ3v) is 3.41. The lowest BCUT2D eigenvalue weighted by Crippen LogP contribution is -2.27. The Kier molecular flexibility index (Phi) is 3.73. The minimum absolute atomic E-state index is 0.405. The molecule has 1 rings (SSSR count). The number of allylic oxidation sites excluding steroid dienone is 2. The Morgan fingerprint density at radius 2 is 2.36 bits per heavy atom. The first-order valence-electron chi connectivity index (χ1n) is 5.40. The molecule has 0 aromatic heterocycles. The molecule has 80 valence electrons. The van der Waals surface area contributed by atoms with Gasteiger partial charge >= 0.3 is 0 Å². The van der Waals surface area contributed by atoms with E-state index in [2.05, 4.69) is 32.0 Å². The lowest BCUT2D eigenvalue weighted by atomic mass is 9.67. The van der Waals surface area contributed by atoms with Crippen LogP contribution in [0.4, 0.5) is 0 Å². The van der Waals surface area contributed by atoms with Gasteiger partial charge in [0.25, 0.3) is 0 Å². The average Bonchev–Trinajstić information content (AvgIpc) is 2.09. The highest BCUT2D eigenvalue weighted by Gasteiger charge is 2.31. The van der Waals surface area contributed by atoms with Gasteiger partial charge in [-0.2, -0.15) is 0 Å². The molecule has 0 saturated heterocycles. The van der Waals surface area contributed by atoms with E-state index in [1.54, 1.807) is 6.21 Å². The highest BCUT2D eigenvalue weighted by molar-refractivity contribution is 5.56. The van der Waals surface area contributed by atoms with Crippen molar-refractivity contribution < 1.29 is 5.21 Å². The van der Waals surface area contributed by atoms with Crippen LogP contribution in [0.25, 0.3) is 0 Å². The van der Waals surface area contributed by atoms with Crippen LogP contribution in [0.3, 0.4) is 0 Å². The second kappa shape index (κ2) is 4.63. The van der Waals surface area contributed by atoms with Crippen molar-refractivity contribution in [3.05, 3.63) is 11.6 Å². The van der Waals surface area contributed by atoms with E-state index in [9.17, 15) is 0 Å². The summed E-state index contributed by atoms with van der Waals surface area (Å²) in [6.45, 7) is 6.90.